The normalized spacial score (nSPS) is 11.0. The van der Waals surface area contributed by atoms with Crippen molar-refractivity contribution in [2.24, 2.45) is 5.16 Å². The van der Waals surface area contributed by atoms with E-state index in [1.54, 1.807) is 19.2 Å². The number of hydrogen-bond donors (Lipinski definition) is 1. The minimum Gasteiger partial charge on any atom is -0.457 e. The number of hydrogen-bond acceptors (Lipinski definition) is 4. The maximum Gasteiger partial charge on any atom is 0.273 e. The highest BCUT2D eigenvalue weighted by atomic mass is 16.6. The van der Waals surface area contributed by atoms with E-state index in [0.717, 1.165) is 11.1 Å². The number of carbonyl (C=O) groups excluding carboxylic acids is 1. The van der Waals surface area contributed by atoms with Gasteiger partial charge < -0.3 is 14.9 Å². The van der Waals surface area contributed by atoms with Crippen LogP contribution >= 0.6 is 0 Å². The number of carbonyl (C=O) groups is 1. The van der Waals surface area contributed by atoms with E-state index in [9.17, 15) is 4.79 Å². The molecule has 27 heavy (non-hydrogen) atoms. The number of nitrogens with one attached hydrogen (secondary N) is 1. The Hall–Kier alpha value is -3.60. The summed E-state index contributed by atoms with van der Waals surface area (Å²) in [5, 5.41) is 6.42. The van der Waals surface area contributed by atoms with Crippen LogP contribution in [-0.4, -0.2) is 25.8 Å². The van der Waals surface area contributed by atoms with Crippen LogP contribution in [0.2, 0.25) is 0 Å². The summed E-state index contributed by atoms with van der Waals surface area (Å²) in [4.78, 5) is 17.0. The van der Waals surface area contributed by atoms with Gasteiger partial charge in [0.25, 0.3) is 5.91 Å². The Morgan fingerprint density at radius 1 is 0.889 bits per heavy atom. The molecular formula is C22H20N2O3. The van der Waals surface area contributed by atoms with Crippen molar-refractivity contribution in [1.29, 1.82) is 0 Å². The maximum atomic E-state index is 12.2. The molecule has 3 rings (SSSR count). The van der Waals surface area contributed by atoms with Crippen LogP contribution < -0.4 is 10.1 Å². The number of likely N-dealkylation sites (N-methyl/N-ethyl adjacent to an activating group) is 1. The Bertz CT molecular complexity index is 953. The topological polar surface area (TPSA) is 59.9 Å². The van der Waals surface area contributed by atoms with Crippen molar-refractivity contribution >= 4 is 11.6 Å². The molecule has 5 heteroatoms. The molecule has 0 aliphatic carbocycles. The quantitative estimate of drug-likeness (QED) is 0.528. The summed E-state index contributed by atoms with van der Waals surface area (Å²) in [5.41, 5.74) is 2.84. The van der Waals surface area contributed by atoms with Crippen molar-refractivity contribution in [1.82, 2.24) is 5.32 Å². The summed E-state index contributed by atoms with van der Waals surface area (Å²) in [6, 6.07) is 25.1. The summed E-state index contributed by atoms with van der Waals surface area (Å²) in [5.74, 6) is 0.825. The largest absolute Gasteiger partial charge is 0.457 e. The van der Waals surface area contributed by atoms with Gasteiger partial charge in [0.05, 0.1) is 5.56 Å². The van der Waals surface area contributed by atoms with Crippen molar-refractivity contribution in [2.45, 2.75) is 0 Å². The molecule has 0 spiro atoms. The zero-order valence-electron chi connectivity index (χ0n) is 15.2. The second-order valence-corrected chi connectivity index (χ2v) is 5.69. The van der Waals surface area contributed by atoms with Gasteiger partial charge >= 0.3 is 0 Å². The molecule has 0 bridgehead atoms. The first-order valence-electron chi connectivity index (χ1n) is 8.49. The van der Waals surface area contributed by atoms with Crippen LogP contribution in [0.4, 0.5) is 0 Å². The van der Waals surface area contributed by atoms with E-state index >= 15 is 0 Å². The monoisotopic (exact) mass is 360 g/mol. The highest BCUT2D eigenvalue weighted by Crippen LogP contribution is 2.29. The minimum atomic E-state index is -0.356. The van der Waals surface area contributed by atoms with Crippen LogP contribution in [0.1, 0.15) is 5.56 Å². The molecular weight excluding hydrogens is 340 g/mol. The second-order valence-electron chi connectivity index (χ2n) is 5.69. The lowest BCUT2D eigenvalue weighted by molar-refractivity contribution is -0.114. The van der Waals surface area contributed by atoms with Gasteiger partial charge in [0.15, 0.2) is 5.71 Å². The summed E-state index contributed by atoms with van der Waals surface area (Å²) < 4.78 is 6.08. The molecule has 0 atom stereocenters. The first kappa shape index (κ1) is 18.2. The fraction of sp³-hybridized carbons (Fsp3) is 0.0909. The molecule has 0 unspecified atom stereocenters. The third-order valence-corrected chi connectivity index (χ3v) is 3.94. The van der Waals surface area contributed by atoms with Gasteiger partial charge in [-0.05, 0) is 35.4 Å². The van der Waals surface area contributed by atoms with Gasteiger partial charge in [-0.15, -0.1) is 0 Å². The molecule has 5 nitrogen and oxygen atoms in total. The van der Waals surface area contributed by atoms with Crippen LogP contribution in [-0.2, 0) is 9.63 Å². The molecule has 136 valence electrons. The maximum absolute atomic E-state index is 12.2. The lowest BCUT2D eigenvalue weighted by Crippen LogP contribution is -2.28. The number of rotatable bonds is 6. The lowest BCUT2D eigenvalue weighted by atomic mass is 10.1. The summed E-state index contributed by atoms with van der Waals surface area (Å²) in [6.45, 7) is 0. The molecule has 0 aliphatic rings. The van der Waals surface area contributed by atoms with E-state index < -0.39 is 0 Å². The van der Waals surface area contributed by atoms with E-state index in [2.05, 4.69) is 10.5 Å². The van der Waals surface area contributed by atoms with Gasteiger partial charge in [0.1, 0.15) is 18.6 Å². The molecule has 3 aromatic rings. The number of amides is 1. The average Bonchev–Trinajstić information content (AvgIpc) is 2.73. The Kier molecular flexibility index (Phi) is 5.84. The van der Waals surface area contributed by atoms with Gasteiger partial charge in [0, 0.05) is 7.05 Å². The molecule has 0 heterocycles. The Balaban J connectivity index is 1.96. The third kappa shape index (κ3) is 4.33. The van der Waals surface area contributed by atoms with Crippen LogP contribution in [0.25, 0.3) is 11.1 Å². The molecule has 0 aliphatic heterocycles. The first-order valence-corrected chi connectivity index (χ1v) is 8.49. The van der Waals surface area contributed by atoms with Gasteiger partial charge in [0.2, 0.25) is 0 Å². The molecule has 0 radical (unpaired) electrons. The fourth-order valence-electron chi connectivity index (χ4n) is 2.67. The van der Waals surface area contributed by atoms with Crippen molar-refractivity contribution in [3.05, 3.63) is 84.4 Å². The minimum absolute atomic E-state index is 0.148. The van der Waals surface area contributed by atoms with Gasteiger partial charge in [-0.1, -0.05) is 59.8 Å². The number of benzene rings is 3. The van der Waals surface area contributed by atoms with Crippen LogP contribution in [0.15, 0.2) is 84.0 Å². The summed E-state index contributed by atoms with van der Waals surface area (Å²) in [7, 11) is 2.94. The molecule has 1 N–H and O–H groups in total. The van der Waals surface area contributed by atoms with Crippen LogP contribution in [0, 0.1) is 0 Å². The van der Waals surface area contributed by atoms with Crippen LogP contribution in [0.3, 0.4) is 0 Å². The molecule has 0 saturated carbocycles. The Morgan fingerprint density at radius 2 is 1.59 bits per heavy atom. The number of para-hydroxylation sites is 1. The van der Waals surface area contributed by atoms with Crippen molar-refractivity contribution in [2.75, 3.05) is 14.2 Å². The van der Waals surface area contributed by atoms with Gasteiger partial charge in [-0.3, -0.25) is 4.79 Å². The van der Waals surface area contributed by atoms with E-state index in [-0.39, 0.29) is 11.6 Å². The van der Waals surface area contributed by atoms with E-state index in [4.69, 9.17) is 9.57 Å². The number of oxime groups is 1. The molecule has 0 aromatic heterocycles. The lowest BCUT2D eigenvalue weighted by Gasteiger charge is -2.13. The Morgan fingerprint density at radius 3 is 2.33 bits per heavy atom. The number of nitrogens with zero attached hydrogens (tertiary/aromatic N) is 1. The second kappa shape index (κ2) is 8.67. The fourth-order valence-corrected chi connectivity index (χ4v) is 2.67. The van der Waals surface area contributed by atoms with Gasteiger partial charge in [-0.25, -0.2) is 0 Å². The Labute approximate surface area is 158 Å². The number of ether oxygens (including phenoxy) is 1. The smallest absolute Gasteiger partial charge is 0.273 e. The molecule has 3 aromatic carbocycles. The predicted molar refractivity (Wildman–Crippen MR) is 106 cm³/mol. The van der Waals surface area contributed by atoms with Crippen LogP contribution in [0.5, 0.6) is 11.5 Å². The molecule has 0 fully saturated rings. The SMILES string of the molecule is CNC(=O)/C(=N\OC)c1ccccc1Oc1cccc(-c2ccccc2)c1. The summed E-state index contributed by atoms with van der Waals surface area (Å²) in [6.07, 6.45) is 0. The zero-order chi connectivity index (χ0) is 19.1. The van der Waals surface area contributed by atoms with E-state index in [1.165, 1.54) is 7.11 Å². The predicted octanol–water partition coefficient (Wildman–Crippen LogP) is 4.24. The average molecular weight is 360 g/mol. The van der Waals surface area contributed by atoms with Crippen molar-refractivity contribution in [3.8, 4) is 22.6 Å². The van der Waals surface area contributed by atoms with Crippen molar-refractivity contribution < 1.29 is 14.4 Å². The van der Waals surface area contributed by atoms with E-state index in [1.807, 2.05) is 66.7 Å². The van der Waals surface area contributed by atoms with Gasteiger partial charge in [-0.2, -0.15) is 0 Å². The molecule has 0 saturated heterocycles. The third-order valence-electron chi connectivity index (χ3n) is 3.94. The zero-order valence-corrected chi connectivity index (χ0v) is 15.2. The first-order chi connectivity index (χ1) is 13.2. The highest BCUT2D eigenvalue weighted by Gasteiger charge is 2.18. The highest BCUT2D eigenvalue weighted by molar-refractivity contribution is 6.45. The van der Waals surface area contributed by atoms with E-state index in [0.29, 0.717) is 17.1 Å². The molecule has 1 amide bonds. The standard InChI is InChI=1S/C22H20N2O3/c1-23-22(25)21(24-26-2)19-13-6-7-14-20(19)27-18-12-8-11-17(15-18)16-9-4-3-5-10-16/h3-15H,1-2H3,(H,23,25)/b24-21-. The van der Waals surface area contributed by atoms with Crippen molar-refractivity contribution in [3.63, 3.8) is 0 Å². The summed E-state index contributed by atoms with van der Waals surface area (Å²) >= 11 is 0.